The quantitative estimate of drug-likeness (QED) is 0.687. The first-order valence-electron chi connectivity index (χ1n) is 5.10. The molecule has 6 heteroatoms. The van der Waals surface area contributed by atoms with Crippen LogP contribution < -0.4 is 0 Å². The van der Waals surface area contributed by atoms with Crippen molar-refractivity contribution in [1.82, 2.24) is 0 Å². The Kier molecular flexibility index (Phi) is 5.60. The molecule has 1 aliphatic rings. The van der Waals surface area contributed by atoms with Gasteiger partial charge in [-0.3, -0.25) is 0 Å². The molecule has 1 rings (SSSR count). The second kappa shape index (κ2) is 6.48. The van der Waals surface area contributed by atoms with E-state index in [2.05, 4.69) is 0 Å². The van der Waals surface area contributed by atoms with Crippen LogP contribution in [-0.4, -0.2) is 70.9 Å². The molecule has 0 bridgehead atoms. The van der Waals surface area contributed by atoms with E-state index in [0.717, 1.165) is 0 Å². The first-order chi connectivity index (χ1) is 7.69. The van der Waals surface area contributed by atoms with Gasteiger partial charge in [0.1, 0.15) is 24.4 Å². The van der Waals surface area contributed by atoms with E-state index in [4.69, 9.17) is 23.7 Å². The predicted octanol–water partition coefficient (Wildman–Crippen LogP) is -0.605. The minimum Gasteiger partial charge on any atom is -0.387 e. The summed E-state index contributed by atoms with van der Waals surface area (Å²) in [6, 6.07) is 0. The molecule has 1 aliphatic heterocycles. The van der Waals surface area contributed by atoms with E-state index in [1.807, 2.05) is 0 Å². The number of rotatable bonds is 5. The lowest BCUT2D eigenvalue weighted by molar-refractivity contribution is -0.303. The van der Waals surface area contributed by atoms with E-state index in [0.29, 0.717) is 6.61 Å². The Balaban J connectivity index is 2.75. The summed E-state index contributed by atoms with van der Waals surface area (Å²) in [5.41, 5.74) is 0. The van der Waals surface area contributed by atoms with Crippen molar-refractivity contribution in [3.05, 3.63) is 0 Å². The van der Waals surface area contributed by atoms with Crippen LogP contribution in [0.4, 0.5) is 0 Å². The van der Waals surface area contributed by atoms with Crippen molar-refractivity contribution in [3.63, 3.8) is 0 Å². The maximum absolute atomic E-state index is 10.1. The fourth-order valence-corrected chi connectivity index (χ4v) is 1.92. The van der Waals surface area contributed by atoms with Gasteiger partial charge >= 0.3 is 0 Å². The van der Waals surface area contributed by atoms with Gasteiger partial charge < -0.3 is 28.8 Å². The number of aliphatic hydroxyl groups is 1. The first-order valence-corrected chi connectivity index (χ1v) is 5.10. The third-order valence-corrected chi connectivity index (χ3v) is 2.72. The van der Waals surface area contributed by atoms with Crippen molar-refractivity contribution >= 4 is 0 Å². The Morgan fingerprint density at radius 1 is 1.00 bits per heavy atom. The Hall–Kier alpha value is -0.240. The van der Waals surface area contributed by atoms with E-state index < -0.39 is 24.6 Å². The summed E-state index contributed by atoms with van der Waals surface area (Å²) in [5.74, 6) is 0. The monoisotopic (exact) mass is 236 g/mol. The number of methoxy groups -OCH3 is 4. The average Bonchev–Trinajstić information content (AvgIpc) is 2.29. The highest BCUT2D eigenvalue weighted by molar-refractivity contribution is 4.90. The summed E-state index contributed by atoms with van der Waals surface area (Å²) in [6.07, 6.45) is -2.86. The minimum absolute atomic E-state index is 0.325. The van der Waals surface area contributed by atoms with Gasteiger partial charge in [0.25, 0.3) is 0 Å². The summed E-state index contributed by atoms with van der Waals surface area (Å²) in [7, 11) is 6.07. The van der Waals surface area contributed by atoms with E-state index in [1.165, 1.54) is 21.3 Å². The average molecular weight is 236 g/mol. The Morgan fingerprint density at radius 3 is 2.06 bits per heavy atom. The van der Waals surface area contributed by atoms with Gasteiger partial charge in [0.2, 0.25) is 0 Å². The molecule has 16 heavy (non-hydrogen) atoms. The van der Waals surface area contributed by atoms with Crippen molar-refractivity contribution in [1.29, 1.82) is 0 Å². The van der Waals surface area contributed by atoms with Crippen LogP contribution >= 0.6 is 0 Å². The minimum atomic E-state index is -0.811. The standard InChI is InChI=1S/C10H20O6/c1-12-5-6-8(13-2)7(11)9(14-3)10(15-4)16-6/h6-11H,5H2,1-4H3/t6-,7+,8-,9+,10-/m1/s1. The number of ether oxygens (including phenoxy) is 5. The molecule has 6 nitrogen and oxygen atoms in total. The fourth-order valence-electron chi connectivity index (χ4n) is 1.92. The van der Waals surface area contributed by atoms with Crippen LogP contribution in [0.1, 0.15) is 0 Å². The predicted molar refractivity (Wildman–Crippen MR) is 55.1 cm³/mol. The van der Waals surface area contributed by atoms with E-state index in [9.17, 15) is 5.11 Å². The zero-order valence-electron chi connectivity index (χ0n) is 10.1. The van der Waals surface area contributed by atoms with Gasteiger partial charge in [0.15, 0.2) is 6.29 Å². The van der Waals surface area contributed by atoms with E-state index in [1.54, 1.807) is 7.11 Å². The topological polar surface area (TPSA) is 66.4 Å². The molecule has 1 N–H and O–H groups in total. The molecule has 0 unspecified atom stereocenters. The zero-order chi connectivity index (χ0) is 12.1. The van der Waals surface area contributed by atoms with Crippen molar-refractivity contribution in [2.24, 2.45) is 0 Å². The maximum atomic E-state index is 10.1. The molecule has 1 fully saturated rings. The third kappa shape index (κ3) is 2.71. The molecule has 0 amide bonds. The van der Waals surface area contributed by atoms with Crippen molar-refractivity contribution in [3.8, 4) is 0 Å². The second-order valence-corrected chi connectivity index (χ2v) is 3.63. The van der Waals surface area contributed by atoms with Crippen LogP contribution in [0, 0.1) is 0 Å². The zero-order valence-corrected chi connectivity index (χ0v) is 10.1. The van der Waals surface area contributed by atoms with Gasteiger partial charge in [-0.2, -0.15) is 0 Å². The molecule has 1 saturated heterocycles. The summed E-state index contributed by atoms with van der Waals surface area (Å²) < 4.78 is 26.1. The highest BCUT2D eigenvalue weighted by atomic mass is 16.7. The normalized spacial score (nSPS) is 39.9. The van der Waals surface area contributed by atoms with Crippen LogP contribution in [0.25, 0.3) is 0 Å². The molecule has 0 aromatic heterocycles. The lowest BCUT2D eigenvalue weighted by Crippen LogP contribution is -2.60. The van der Waals surface area contributed by atoms with Gasteiger partial charge in [-0.1, -0.05) is 0 Å². The van der Waals surface area contributed by atoms with Crippen molar-refractivity contribution < 1.29 is 28.8 Å². The Bertz CT molecular complexity index is 198. The molecule has 0 radical (unpaired) electrons. The second-order valence-electron chi connectivity index (χ2n) is 3.63. The summed E-state index contributed by atoms with van der Waals surface area (Å²) in [6.45, 7) is 0.325. The SMILES string of the molecule is COC[C@H]1O[C@@H](OC)[C@@H](OC)[C@@H](O)[C@@H]1OC. The van der Waals surface area contributed by atoms with Crippen LogP contribution in [0.5, 0.6) is 0 Å². The summed E-state index contributed by atoms with van der Waals surface area (Å²) in [4.78, 5) is 0. The molecule has 0 aliphatic carbocycles. The smallest absolute Gasteiger partial charge is 0.186 e. The highest BCUT2D eigenvalue weighted by Gasteiger charge is 2.46. The Labute approximate surface area is 95.4 Å². The van der Waals surface area contributed by atoms with Gasteiger partial charge in [0.05, 0.1) is 6.61 Å². The van der Waals surface area contributed by atoms with Crippen LogP contribution in [0.15, 0.2) is 0 Å². The van der Waals surface area contributed by atoms with Crippen molar-refractivity contribution in [2.45, 2.75) is 30.7 Å². The molecule has 1 heterocycles. The summed E-state index contributed by atoms with van der Waals surface area (Å²) in [5, 5.41) is 10.1. The van der Waals surface area contributed by atoms with Gasteiger partial charge in [-0.25, -0.2) is 0 Å². The number of hydrogen-bond acceptors (Lipinski definition) is 6. The largest absolute Gasteiger partial charge is 0.387 e. The van der Waals surface area contributed by atoms with Gasteiger partial charge in [-0.15, -0.1) is 0 Å². The van der Waals surface area contributed by atoms with Crippen molar-refractivity contribution in [2.75, 3.05) is 35.0 Å². The third-order valence-electron chi connectivity index (χ3n) is 2.72. The maximum Gasteiger partial charge on any atom is 0.186 e. The number of aliphatic hydroxyl groups excluding tert-OH is 1. The highest BCUT2D eigenvalue weighted by Crippen LogP contribution is 2.25. The molecule has 96 valence electrons. The molecule has 0 aromatic carbocycles. The van der Waals surface area contributed by atoms with Gasteiger partial charge in [0, 0.05) is 28.4 Å². The molecule has 0 spiro atoms. The lowest BCUT2D eigenvalue weighted by Gasteiger charge is -2.42. The van der Waals surface area contributed by atoms with Crippen LogP contribution in [-0.2, 0) is 23.7 Å². The molecule has 5 atom stereocenters. The molecular formula is C10H20O6. The lowest BCUT2D eigenvalue weighted by atomic mass is 9.99. The molecule has 0 saturated carbocycles. The summed E-state index contributed by atoms with van der Waals surface area (Å²) >= 11 is 0. The first kappa shape index (κ1) is 13.8. The number of hydrogen-bond donors (Lipinski definition) is 1. The Morgan fingerprint density at radius 2 is 1.62 bits per heavy atom. The molecule has 0 aromatic rings. The fraction of sp³-hybridized carbons (Fsp3) is 1.00. The molecular weight excluding hydrogens is 216 g/mol. The van der Waals surface area contributed by atoms with Crippen LogP contribution in [0.3, 0.4) is 0 Å². The van der Waals surface area contributed by atoms with Crippen LogP contribution in [0.2, 0.25) is 0 Å². The van der Waals surface area contributed by atoms with E-state index >= 15 is 0 Å². The van der Waals surface area contributed by atoms with Gasteiger partial charge in [-0.05, 0) is 0 Å². The van der Waals surface area contributed by atoms with E-state index in [-0.39, 0.29) is 6.10 Å².